The van der Waals surface area contributed by atoms with Crippen LogP contribution in [-0.2, 0) is 6.42 Å². The highest BCUT2D eigenvalue weighted by Crippen LogP contribution is 2.19. The van der Waals surface area contributed by atoms with E-state index in [9.17, 15) is 4.79 Å². The van der Waals surface area contributed by atoms with E-state index >= 15 is 0 Å². The molecule has 0 spiro atoms. The van der Waals surface area contributed by atoms with Crippen molar-refractivity contribution in [3.8, 4) is 0 Å². The SMILES string of the molecule is CCc1ncncc1C(=O)Nc1ccc(Nc2ccccc2)cc1. The van der Waals surface area contributed by atoms with Crippen molar-refractivity contribution in [2.24, 2.45) is 0 Å². The van der Waals surface area contributed by atoms with Crippen LogP contribution in [0, 0.1) is 0 Å². The summed E-state index contributed by atoms with van der Waals surface area (Å²) in [6.07, 6.45) is 3.69. The van der Waals surface area contributed by atoms with E-state index in [4.69, 9.17) is 0 Å². The number of anilines is 3. The fourth-order valence-electron chi connectivity index (χ4n) is 2.35. The molecule has 0 unspecified atom stereocenters. The van der Waals surface area contributed by atoms with Crippen LogP contribution in [0.2, 0.25) is 0 Å². The predicted octanol–water partition coefficient (Wildman–Crippen LogP) is 4.03. The van der Waals surface area contributed by atoms with Gasteiger partial charge in [0, 0.05) is 23.3 Å². The molecule has 0 saturated heterocycles. The number of amides is 1. The molecule has 1 amide bonds. The highest BCUT2D eigenvalue weighted by atomic mass is 16.1. The molecule has 0 bridgehead atoms. The number of aromatic nitrogens is 2. The third-order valence-corrected chi connectivity index (χ3v) is 3.58. The lowest BCUT2D eigenvalue weighted by molar-refractivity contribution is 0.102. The van der Waals surface area contributed by atoms with Crippen molar-refractivity contribution in [2.75, 3.05) is 10.6 Å². The minimum absolute atomic E-state index is 0.198. The van der Waals surface area contributed by atoms with E-state index in [0.29, 0.717) is 12.0 Å². The highest BCUT2D eigenvalue weighted by molar-refractivity contribution is 6.04. The average molecular weight is 318 g/mol. The second-order valence-corrected chi connectivity index (χ2v) is 5.26. The van der Waals surface area contributed by atoms with Gasteiger partial charge in [0.15, 0.2) is 0 Å². The molecule has 0 aliphatic carbocycles. The van der Waals surface area contributed by atoms with E-state index in [-0.39, 0.29) is 5.91 Å². The normalized spacial score (nSPS) is 10.2. The lowest BCUT2D eigenvalue weighted by Crippen LogP contribution is -2.15. The van der Waals surface area contributed by atoms with E-state index < -0.39 is 0 Å². The van der Waals surface area contributed by atoms with Gasteiger partial charge in [-0.2, -0.15) is 0 Å². The maximum Gasteiger partial charge on any atom is 0.259 e. The van der Waals surface area contributed by atoms with Crippen molar-refractivity contribution in [1.29, 1.82) is 0 Å². The molecule has 1 aromatic heterocycles. The number of carbonyl (C=O) groups is 1. The first-order valence-corrected chi connectivity index (χ1v) is 7.78. The number of nitrogens with zero attached hydrogens (tertiary/aromatic N) is 2. The number of rotatable bonds is 5. The fraction of sp³-hybridized carbons (Fsp3) is 0.105. The molecule has 0 atom stereocenters. The topological polar surface area (TPSA) is 66.9 Å². The van der Waals surface area contributed by atoms with E-state index in [0.717, 1.165) is 22.8 Å². The average Bonchev–Trinajstić information content (AvgIpc) is 2.64. The standard InChI is InChI=1S/C19H18N4O/c1-2-18-17(12-20-13-21-18)19(24)23-16-10-8-15(9-11-16)22-14-6-4-3-5-7-14/h3-13,22H,2H2,1H3,(H,23,24). The molecule has 2 aromatic carbocycles. The number of para-hydroxylation sites is 1. The van der Waals surface area contributed by atoms with Crippen molar-refractivity contribution in [2.45, 2.75) is 13.3 Å². The zero-order chi connectivity index (χ0) is 16.8. The molecule has 24 heavy (non-hydrogen) atoms. The minimum atomic E-state index is -0.198. The summed E-state index contributed by atoms with van der Waals surface area (Å²) in [7, 11) is 0. The van der Waals surface area contributed by atoms with Gasteiger partial charge in [0.2, 0.25) is 0 Å². The largest absolute Gasteiger partial charge is 0.356 e. The van der Waals surface area contributed by atoms with Gasteiger partial charge in [-0.1, -0.05) is 25.1 Å². The van der Waals surface area contributed by atoms with Crippen LogP contribution in [0.3, 0.4) is 0 Å². The second kappa shape index (κ2) is 7.37. The maximum absolute atomic E-state index is 12.4. The summed E-state index contributed by atoms with van der Waals surface area (Å²) >= 11 is 0. The van der Waals surface area contributed by atoms with Crippen LogP contribution in [0.4, 0.5) is 17.1 Å². The number of hydrogen-bond donors (Lipinski definition) is 2. The Labute approximate surface area is 140 Å². The van der Waals surface area contributed by atoms with Crippen molar-refractivity contribution in [3.63, 3.8) is 0 Å². The Morgan fingerprint density at radius 2 is 1.62 bits per heavy atom. The quantitative estimate of drug-likeness (QED) is 0.745. The van der Waals surface area contributed by atoms with Crippen molar-refractivity contribution in [3.05, 3.63) is 78.4 Å². The van der Waals surface area contributed by atoms with Gasteiger partial charge in [-0.3, -0.25) is 4.79 Å². The molecule has 2 N–H and O–H groups in total. The number of nitrogens with one attached hydrogen (secondary N) is 2. The zero-order valence-electron chi connectivity index (χ0n) is 13.4. The fourth-order valence-corrected chi connectivity index (χ4v) is 2.35. The minimum Gasteiger partial charge on any atom is -0.356 e. The van der Waals surface area contributed by atoms with Gasteiger partial charge in [-0.05, 0) is 42.8 Å². The van der Waals surface area contributed by atoms with Crippen molar-refractivity contribution >= 4 is 23.0 Å². The van der Waals surface area contributed by atoms with Crippen LogP contribution in [0.15, 0.2) is 67.1 Å². The maximum atomic E-state index is 12.4. The zero-order valence-corrected chi connectivity index (χ0v) is 13.4. The molecule has 3 aromatic rings. The van der Waals surface area contributed by atoms with Gasteiger partial charge in [0.25, 0.3) is 5.91 Å². The van der Waals surface area contributed by atoms with Crippen molar-refractivity contribution < 1.29 is 4.79 Å². The number of aryl methyl sites for hydroxylation is 1. The molecular formula is C19H18N4O. The Morgan fingerprint density at radius 3 is 2.33 bits per heavy atom. The summed E-state index contributed by atoms with van der Waals surface area (Å²) in [5.74, 6) is -0.198. The number of benzene rings is 2. The van der Waals surface area contributed by atoms with Gasteiger partial charge < -0.3 is 10.6 Å². The van der Waals surface area contributed by atoms with E-state index in [1.807, 2.05) is 61.5 Å². The van der Waals surface area contributed by atoms with Crippen LogP contribution in [0.1, 0.15) is 23.0 Å². The first-order chi connectivity index (χ1) is 11.8. The molecule has 0 aliphatic rings. The third kappa shape index (κ3) is 3.76. The molecule has 3 rings (SSSR count). The van der Waals surface area contributed by atoms with Gasteiger partial charge in [0.05, 0.1) is 11.3 Å². The lowest BCUT2D eigenvalue weighted by Gasteiger charge is -2.09. The molecule has 0 saturated carbocycles. The van der Waals surface area contributed by atoms with Crippen LogP contribution >= 0.6 is 0 Å². The highest BCUT2D eigenvalue weighted by Gasteiger charge is 2.11. The molecule has 0 fully saturated rings. The first kappa shape index (κ1) is 15.7. The lowest BCUT2D eigenvalue weighted by atomic mass is 10.1. The van der Waals surface area contributed by atoms with Crippen LogP contribution in [0.25, 0.3) is 0 Å². The van der Waals surface area contributed by atoms with E-state index in [1.54, 1.807) is 6.20 Å². The monoisotopic (exact) mass is 318 g/mol. The summed E-state index contributed by atoms with van der Waals surface area (Å²) in [6.45, 7) is 1.96. The molecular weight excluding hydrogens is 300 g/mol. The van der Waals surface area contributed by atoms with Gasteiger partial charge >= 0.3 is 0 Å². The first-order valence-electron chi connectivity index (χ1n) is 7.78. The Balaban J connectivity index is 1.69. The molecule has 5 heteroatoms. The van der Waals surface area contributed by atoms with Crippen LogP contribution in [0.5, 0.6) is 0 Å². The Hall–Kier alpha value is -3.21. The Morgan fingerprint density at radius 1 is 0.958 bits per heavy atom. The van der Waals surface area contributed by atoms with Crippen LogP contribution < -0.4 is 10.6 Å². The van der Waals surface area contributed by atoms with Gasteiger partial charge in [0.1, 0.15) is 6.33 Å². The number of hydrogen-bond acceptors (Lipinski definition) is 4. The Kier molecular flexibility index (Phi) is 4.81. The summed E-state index contributed by atoms with van der Waals surface area (Å²) in [6, 6.07) is 17.5. The predicted molar refractivity (Wildman–Crippen MR) is 95.5 cm³/mol. The second-order valence-electron chi connectivity index (χ2n) is 5.26. The van der Waals surface area contributed by atoms with E-state index in [2.05, 4.69) is 20.6 Å². The molecule has 5 nitrogen and oxygen atoms in total. The smallest absolute Gasteiger partial charge is 0.259 e. The van der Waals surface area contributed by atoms with Gasteiger partial charge in [-0.25, -0.2) is 9.97 Å². The van der Waals surface area contributed by atoms with Gasteiger partial charge in [-0.15, -0.1) is 0 Å². The molecule has 0 aliphatic heterocycles. The molecule has 0 radical (unpaired) electrons. The molecule has 120 valence electrons. The number of carbonyl (C=O) groups excluding carboxylic acids is 1. The summed E-state index contributed by atoms with van der Waals surface area (Å²) in [4.78, 5) is 20.4. The summed E-state index contributed by atoms with van der Waals surface area (Å²) in [5.41, 5.74) is 3.95. The van der Waals surface area contributed by atoms with E-state index in [1.165, 1.54) is 6.33 Å². The Bertz CT molecular complexity index is 816. The van der Waals surface area contributed by atoms with Crippen molar-refractivity contribution in [1.82, 2.24) is 9.97 Å². The molecule has 1 heterocycles. The summed E-state index contributed by atoms with van der Waals surface area (Å²) < 4.78 is 0. The summed E-state index contributed by atoms with van der Waals surface area (Å²) in [5, 5.41) is 6.18. The van der Waals surface area contributed by atoms with Crippen LogP contribution in [-0.4, -0.2) is 15.9 Å². The third-order valence-electron chi connectivity index (χ3n) is 3.58.